The van der Waals surface area contributed by atoms with Crippen LogP contribution in [0.1, 0.15) is 12.8 Å². The molecule has 0 aromatic heterocycles. The maximum absolute atomic E-state index is 10.6. The van der Waals surface area contributed by atoms with Crippen LogP contribution in [0.15, 0.2) is 0 Å². The van der Waals surface area contributed by atoms with Crippen LogP contribution in [0.3, 0.4) is 0 Å². The highest BCUT2D eigenvalue weighted by Gasteiger charge is 2.34. The first kappa shape index (κ1) is 9.81. The van der Waals surface area contributed by atoms with E-state index < -0.39 is 11.5 Å². The van der Waals surface area contributed by atoms with E-state index in [0.717, 1.165) is 0 Å². The fourth-order valence-electron chi connectivity index (χ4n) is 1.49. The molecule has 0 spiro atoms. The molecule has 0 saturated carbocycles. The number of carboxylic acid groups (broad SMARTS) is 1. The Hall–Kier alpha value is -1.28. The maximum Gasteiger partial charge on any atom is 0.407 e. The molecule has 1 saturated heterocycles. The molecule has 0 bridgehead atoms. The molecule has 13 heavy (non-hydrogen) atoms. The molecular weight excluding hydrogens is 170 g/mol. The lowest BCUT2D eigenvalue weighted by Crippen LogP contribution is -2.45. The Morgan fingerprint density at radius 3 is 2.46 bits per heavy atom. The monoisotopic (exact) mass is 183 g/mol. The topological polar surface area (TPSA) is 90.4 Å². The number of carbonyl (C=O) groups is 1. The minimum atomic E-state index is -0.913. The van der Waals surface area contributed by atoms with Crippen LogP contribution < -0.4 is 5.73 Å². The summed E-state index contributed by atoms with van der Waals surface area (Å²) in [6.07, 6.45) is 0.182. The van der Waals surface area contributed by atoms with Gasteiger partial charge in [0.25, 0.3) is 0 Å². The summed E-state index contributed by atoms with van der Waals surface area (Å²) in [5, 5.41) is 17.5. The summed E-state index contributed by atoms with van der Waals surface area (Å²) >= 11 is 0. The van der Waals surface area contributed by atoms with Crippen LogP contribution in [0.25, 0.3) is 0 Å². The van der Waals surface area contributed by atoms with E-state index >= 15 is 0 Å². The molecule has 1 aliphatic heterocycles. The number of rotatable bonds is 1. The van der Waals surface area contributed by atoms with Crippen molar-refractivity contribution in [3.05, 3.63) is 0 Å². The first-order valence-corrected chi connectivity index (χ1v) is 4.23. The van der Waals surface area contributed by atoms with Crippen molar-refractivity contribution in [2.24, 2.45) is 11.1 Å². The first-order chi connectivity index (χ1) is 6.13. The fraction of sp³-hybridized carbons (Fsp3) is 0.750. The molecule has 1 aliphatic rings. The van der Waals surface area contributed by atoms with E-state index in [4.69, 9.17) is 16.1 Å². The minimum absolute atomic E-state index is 0.316. The SMILES string of the molecule is N#CC1(CN)CCN(C(=O)O)CC1. The van der Waals surface area contributed by atoms with E-state index in [0.29, 0.717) is 32.5 Å². The second kappa shape index (κ2) is 3.62. The third-order valence-corrected chi connectivity index (χ3v) is 2.62. The van der Waals surface area contributed by atoms with Gasteiger partial charge in [0.15, 0.2) is 0 Å². The zero-order valence-corrected chi connectivity index (χ0v) is 7.36. The number of nitriles is 1. The third kappa shape index (κ3) is 1.90. The molecule has 3 N–H and O–H groups in total. The average Bonchev–Trinajstić information content (AvgIpc) is 2.18. The zero-order chi connectivity index (χ0) is 9.90. The van der Waals surface area contributed by atoms with Crippen molar-refractivity contribution in [1.82, 2.24) is 4.90 Å². The van der Waals surface area contributed by atoms with E-state index in [2.05, 4.69) is 6.07 Å². The summed E-state index contributed by atoms with van der Waals surface area (Å²) in [6.45, 7) is 1.15. The van der Waals surface area contributed by atoms with Crippen molar-refractivity contribution >= 4 is 6.09 Å². The Morgan fingerprint density at radius 1 is 1.62 bits per heavy atom. The molecule has 0 unspecified atom stereocenters. The fourth-order valence-corrected chi connectivity index (χ4v) is 1.49. The van der Waals surface area contributed by atoms with Crippen LogP contribution >= 0.6 is 0 Å². The second-order valence-corrected chi connectivity index (χ2v) is 3.37. The molecule has 0 atom stereocenters. The lowest BCUT2D eigenvalue weighted by Gasteiger charge is -2.34. The molecule has 0 radical (unpaired) electrons. The van der Waals surface area contributed by atoms with Gasteiger partial charge in [-0.25, -0.2) is 4.79 Å². The Bertz CT molecular complexity index is 238. The van der Waals surface area contributed by atoms with Gasteiger partial charge < -0.3 is 15.7 Å². The molecule has 1 heterocycles. The highest BCUT2D eigenvalue weighted by molar-refractivity contribution is 5.65. The van der Waals surface area contributed by atoms with Crippen LogP contribution in [0.2, 0.25) is 0 Å². The molecule has 72 valence electrons. The standard InChI is InChI=1S/C8H13N3O2/c9-5-8(6-10)1-3-11(4-2-8)7(12)13/h1-5,9H2,(H,12,13). The Labute approximate surface area is 76.7 Å². The number of likely N-dealkylation sites (tertiary alicyclic amines) is 1. The van der Waals surface area contributed by atoms with Crippen molar-refractivity contribution in [2.45, 2.75) is 12.8 Å². The van der Waals surface area contributed by atoms with Gasteiger partial charge in [-0.2, -0.15) is 5.26 Å². The predicted molar refractivity (Wildman–Crippen MR) is 45.9 cm³/mol. The van der Waals surface area contributed by atoms with Crippen LogP contribution in [-0.4, -0.2) is 35.7 Å². The Balaban J connectivity index is 2.56. The molecule has 1 rings (SSSR count). The van der Waals surface area contributed by atoms with Gasteiger partial charge >= 0.3 is 6.09 Å². The lowest BCUT2D eigenvalue weighted by atomic mass is 9.80. The summed E-state index contributed by atoms with van der Waals surface area (Å²) in [5.74, 6) is 0. The molecule has 1 amide bonds. The van der Waals surface area contributed by atoms with Crippen molar-refractivity contribution in [2.75, 3.05) is 19.6 Å². The number of nitrogens with two attached hydrogens (primary N) is 1. The third-order valence-electron chi connectivity index (χ3n) is 2.62. The van der Waals surface area contributed by atoms with Crippen molar-refractivity contribution < 1.29 is 9.90 Å². The van der Waals surface area contributed by atoms with Crippen molar-refractivity contribution in [3.8, 4) is 6.07 Å². The van der Waals surface area contributed by atoms with Crippen LogP contribution in [0, 0.1) is 16.7 Å². The summed E-state index contributed by atoms with van der Waals surface area (Å²) in [7, 11) is 0. The van der Waals surface area contributed by atoms with Gasteiger partial charge in [-0.15, -0.1) is 0 Å². The van der Waals surface area contributed by atoms with Crippen molar-refractivity contribution in [1.29, 1.82) is 5.26 Å². The highest BCUT2D eigenvalue weighted by Crippen LogP contribution is 2.29. The van der Waals surface area contributed by atoms with Gasteiger partial charge in [-0.3, -0.25) is 0 Å². The molecule has 0 aromatic carbocycles. The van der Waals surface area contributed by atoms with E-state index in [1.807, 2.05) is 0 Å². The number of piperidine rings is 1. The molecule has 5 heteroatoms. The van der Waals surface area contributed by atoms with Gasteiger partial charge in [-0.05, 0) is 12.8 Å². The van der Waals surface area contributed by atoms with E-state index in [1.165, 1.54) is 4.90 Å². The predicted octanol–water partition coefficient (Wildman–Crippen LogP) is 0.229. The maximum atomic E-state index is 10.6. The smallest absolute Gasteiger partial charge is 0.407 e. The largest absolute Gasteiger partial charge is 0.465 e. The van der Waals surface area contributed by atoms with Crippen LogP contribution in [-0.2, 0) is 0 Å². The van der Waals surface area contributed by atoms with Crippen LogP contribution in [0.4, 0.5) is 4.79 Å². The van der Waals surface area contributed by atoms with E-state index in [1.54, 1.807) is 0 Å². The Kier molecular flexibility index (Phi) is 2.73. The molecular formula is C8H13N3O2. The summed E-state index contributed by atoms with van der Waals surface area (Å²) < 4.78 is 0. The summed E-state index contributed by atoms with van der Waals surface area (Å²) in [4.78, 5) is 11.9. The molecule has 1 fully saturated rings. The summed E-state index contributed by atoms with van der Waals surface area (Å²) in [6, 6.07) is 2.18. The molecule has 0 aliphatic carbocycles. The van der Waals surface area contributed by atoms with Gasteiger partial charge in [0.1, 0.15) is 0 Å². The van der Waals surface area contributed by atoms with Crippen molar-refractivity contribution in [3.63, 3.8) is 0 Å². The normalized spacial score (nSPS) is 20.8. The highest BCUT2D eigenvalue weighted by atomic mass is 16.4. The van der Waals surface area contributed by atoms with Gasteiger partial charge in [0.2, 0.25) is 0 Å². The second-order valence-electron chi connectivity index (χ2n) is 3.37. The number of hydrogen-bond donors (Lipinski definition) is 2. The van der Waals surface area contributed by atoms with Gasteiger partial charge in [-0.1, -0.05) is 0 Å². The number of amides is 1. The Morgan fingerprint density at radius 2 is 2.15 bits per heavy atom. The minimum Gasteiger partial charge on any atom is -0.465 e. The number of nitrogens with zero attached hydrogens (tertiary/aromatic N) is 2. The van der Waals surface area contributed by atoms with E-state index in [-0.39, 0.29) is 0 Å². The molecule has 5 nitrogen and oxygen atoms in total. The molecule has 0 aromatic rings. The van der Waals surface area contributed by atoms with Gasteiger partial charge in [0.05, 0.1) is 11.5 Å². The van der Waals surface area contributed by atoms with Crippen LogP contribution in [0.5, 0.6) is 0 Å². The van der Waals surface area contributed by atoms with E-state index in [9.17, 15) is 4.79 Å². The summed E-state index contributed by atoms with van der Waals surface area (Å²) in [5.41, 5.74) is 4.99. The van der Waals surface area contributed by atoms with Gasteiger partial charge in [0, 0.05) is 19.6 Å². The average molecular weight is 183 g/mol. The lowest BCUT2D eigenvalue weighted by molar-refractivity contribution is 0.112. The first-order valence-electron chi connectivity index (χ1n) is 4.23. The number of hydrogen-bond acceptors (Lipinski definition) is 3. The quantitative estimate of drug-likeness (QED) is 0.608. The zero-order valence-electron chi connectivity index (χ0n) is 7.36.